The van der Waals surface area contributed by atoms with E-state index in [4.69, 9.17) is 4.74 Å². The number of benzene rings is 1. The van der Waals surface area contributed by atoms with Crippen molar-refractivity contribution in [2.75, 3.05) is 6.54 Å². The highest BCUT2D eigenvalue weighted by Crippen LogP contribution is 2.20. The highest BCUT2D eigenvalue weighted by atomic mass is 16.5. The molecule has 0 unspecified atom stereocenters. The second-order valence-electron chi connectivity index (χ2n) is 5.46. The molecule has 0 fully saturated rings. The van der Waals surface area contributed by atoms with Gasteiger partial charge in [-0.25, -0.2) is 4.98 Å². The lowest BCUT2D eigenvalue weighted by Gasteiger charge is -2.15. The predicted molar refractivity (Wildman–Crippen MR) is 85.4 cm³/mol. The number of imidazole rings is 1. The summed E-state index contributed by atoms with van der Waals surface area (Å²) in [6.07, 6.45) is 4.87. The first-order valence-electron chi connectivity index (χ1n) is 7.64. The Morgan fingerprint density at radius 1 is 1.29 bits per heavy atom. The van der Waals surface area contributed by atoms with Crippen molar-refractivity contribution >= 4 is 0 Å². The highest BCUT2D eigenvalue weighted by Gasteiger charge is 2.08. The number of hydrogen-bond donors (Lipinski definition) is 1. The average Bonchev–Trinajstić information content (AvgIpc) is 2.95. The fraction of sp³-hybridized carbons (Fsp3) is 0.471. The summed E-state index contributed by atoms with van der Waals surface area (Å²) >= 11 is 0. The van der Waals surface area contributed by atoms with Gasteiger partial charge in [0.2, 0.25) is 0 Å². The van der Waals surface area contributed by atoms with Gasteiger partial charge in [0, 0.05) is 18.2 Å². The van der Waals surface area contributed by atoms with E-state index in [1.807, 2.05) is 30.7 Å². The van der Waals surface area contributed by atoms with Crippen molar-refractivity contribution < 1.29 is 4.74 Å². The van der Waals surface area contributed by atoms with Crippen LogP contribution in [-0.2, 0) is 13.2 Å². The van der Waals surface area contributed by atoms with Crippen molar-refractivity contribution in [1.29, 1.82) is 0 Å². The van der Waals surface area contributed by atoms with E-state index in [0.717, 1.165) is 31.0 Å². The molecule has 0 atom stereocenters. The maximum absolute atomic E-state index is 6.00. The lowest BCUT2D eigenvalue weighted by molar-refractivity contribution is 0.288. The zero-order valence-corrected chi connectivity index (χ0v) is 13.2. The monoisotopic (exact) mass is 287 g/mol. The molecule has 2 aromatic rings. The number of rotatable bonds is 8. The molecule has 1 heterocycles. The van der Waals surface area contributed by atoms with Gasteiger partial charge in [-0.05, 0) is 32.9 Å². The molecule has 21 heavy (non-hydrogen) atoms. The van der Waals surface area contributed by atoms with Crippen molar-refractivity contribution in [2.45, 2.75) is 46.4 Å². The zero-order chi connectivity index (χ0) is 15.1. The smallest absolute Gasteiger partial charge is 0.130 e. The van der Waals surface area contributed by atoms with E-state index < -0.39 is 0 Å². The lowest BCUT2D eigenvalue weighted by Crippen LogP contribution is -2.15. The second-order valence-corrected chi connectivity index (χ2v) is 5.46. The first kappa shape index (κ1) is 15.6. The Balaban J connectivity index is 2.01. The maximum atomic E-state index is 6.00. The van der Waals surface area contributed by atoms with Crippen LogP contribution in [0.2, 0.25) is 0 Å². The SMILES string of the molecule is CCCNCc1ccccc1OCc1cncn1C(C)C. The summed E-state index contributed by atoms with van der Waals surface area (Å²) in [4.78, 5) is 4.21. The van der Waals surface area contributed by atoms with Crippen molar-refractivity contribution in [3.8, 4) is 5.75 Å². The van der Waals surface area contributed by atoms with Crippen LogP contribution in [-0.4, -0.2) is 16.1 Å². The fourth-order valence-electron chi connectivity index (χ4n) is 2.25. The summed E-state index contributed by atoms with van der Waals surface area (Å²) in [5.41, 5.74) is 2.29. The second kappa shape index (κ2) is 7.84. The molecule has 0 aliphatic carbocycles. The molecule has 0 spiro atoms. The molecule has 0 saturated heterocycles. The zero-order valence-electron chi connectivity index (χ0n) is 13.2. The van der Waals surface area contributed by atoms with E-state index >= 15 is 0 Å². The Labute approximate surface area is 127 Å². The minimum Gasteiger partial charge on any atom is -0.487 e. The number of para-hydroxylation sites is 1. The topological polar surface area (TPSA) is 39.1 Å². The Bertz CT molecular complexity index is 548. The molecule has 2 rings (SSSR count). The van der Waals surface area contributed by atoms with E-state index in [0.29, 0.717) is 12.6 Å². The van der Waals surface area contributed by atoms with Gasteiger partial charge in [-0.15, -0.1) is 0 Å². The third-order valence-corrected chi connectivity index (χ3v) is 3.39. The van der Waals surface area contributed by atoms with Crippen LogP contribution >= 0.6 is 0 Å². The maximum Gasteiger partial charge on any atom is 0.130 e. The largest absolute Gasteiger partial charge is 0.487 e. The van der Waals surface area contributed by atoms with Crippen LogP contribution in [0.4, 0.5) is 0 Å². The molecule has 0 bridgehead atoms. The van der Waals surface area contributed by atoms with Gasteiger partial charge in [-0.1, -0.05) is 25.1 Å². The number of nitrogens with zero attached hydrogens (tertiary/aromatic N) is 2. The predicted octanol–water partition coefficient (Wildman–Crippen LogP) is 3.54. The van der Waals surface area contributed by atoms with E-state index in [-0.39, 0.29) is 0 Å². The van der Waals surface area contributed by atoms with Crippen LogP contribution in [0.5, 0.6) is 5.75 Å². The summed E-state index contributed by atoms with van der Waals surface area (Å²) in [5, 5.41) is 3.42. The average molecular weight is 287 g/mol. The van der Waals surface area contributed by atoms with E-state index in [1.54, 1.807) is 0 Å². The fourth-order valence-corrected chi connectivity index (χ4v) is 2.25. The van der Waals surface area contributed by atoms with Crippen molar-refractivity contribution in [3.05, 3.63) is 48.0 Å². The van der Waals surface area contributed by atoms with Gasteiger partial charge in [0.15, 0.2) is 0 Å². The third kappa shape index (κ3) is 4.33. The van der Waals surface area contributed by atoms with Gasteiger partial charge in [0.05, 0.1) is 18.2 Å². The Morgan fingerprint density at radius 3 is 2.86 bits per heavy atom. The summed E-state index contributed by atoms with van der Waals surface area (Å²) in [5.74, 6) is 0.942. The summed E-state index contributed by atoms with van der Waals surface area (Å²) in [6.45, 7) is 8.87. The van der Waals surface area contributed by atoms with Crippen LogP contribution in [0.3, 0.4) is 0 Å². The molecular weight excluding hydrogens is 262 g/mol. The molecule has 4 nitrogen and oxygen atoms in total. The number of nitrogens with one attached hydrogen (secondary N) is 1. The van der Waals surface area contributed by atoms with Crippen molar-refractivity contribution in [1.82, 2.24) is 14.9 Å². The van der Waals surface area contributed by atoms with Gasteiger partial charge in [0.25, 0.3) is 0 Å². The van der Waals surface area contributed by atoms with E-state index in [9.17, 15) is 0 Å². The molecule has 0 amide bonds. The normalized spacial score (nSPS) is 11.0. The number of hydrogen-bond acceptors (Lipinski definition) is 3. The molecule has 1 aromatic carbocycles. The first-order chi connectivity index (χ1) is 10.2. The van der Waals surface area contributed by atoms with Crippen molar-refractivity contribution in [3.63, 3.8) is 0 Å². The van der Waals surface area contributed by atoms with Crippen LogP contribution in [0, 0.1) is 0 Å². The Hall–Kier alpha value is -1.81. The van der Waals surface area contributed by atoms with Gasteiger partial charge >= 0.3 is 0 Å². The first-order valence-corrected chi connectivity index (χ1v) is 7.64. The minimum atomic E-state index is 0.396. The molecule has 0 radical (unpaired) electrons. The minimum absolute atomic E-state index is 0.396. The van der Waals surface area contributed by atoms with E-state index in [1.165, 1.54) is 5.56 Å². The summed E-state index contributed by atoms with van der Waals surface area (Å²) in [7, 11) is 0. The Morgan fingerprint density at radius 2 is 2.10 bits per heavy atom. The van der Waals surface area contributed by atoms with Crippen LogP contribution in [0.15, 0.2) is 36.8 Å². The molecule has 4 heteroatoms. The quantitative estimate of drug-likeness (QED) is 0.755. The molecule has 0 aliphatic rings. The molecule has 1 aromatic heterocycles. The standard InChI is InChI=1S/C17H25N3O/c1-4-9-18-10-15-7-5-6-8-17(15)21-12-16-11-19-13-20(16)14(2)3/h5-8,11,13-14,18H,4,9-10,12H2,1-3H3. The molecule has 1 N–H and O–H groups in total. The molecule has 0 saturated carbocycles. The van der Waals surface area contributed by atoms with Gasteiger partial charge in [-0.2, -0.15) is 0 Å². The number of aromatic nitrogens is 2. The number of ether oxygens (including phenoxy) is 1. The molecular formula is C17H25N3O. The Kier molecular flexibility index (Phi) is 5.81. The van der Waals surface area contributed by atoms with Crippen LogP contribution < -0.4 is 10.1 Å². The summed E-state index contributed by atoms with van der Waals surface area (Å²) in [6, 6.07) is 8.59. The lowest BCUT2D eigenvalue weighted by atomic mass is 10.2. The van der Waals surface area contributed by atoms with Crippen LogP contribution in [0.1, 0.15) is 44.5 Å². The van der Waals surface area contributed by atoms with Gasteiger partial charge < -0.3 is 14.6 Å². The van der Waals surface area contributed by atoms with Gasteiger partial charge in [0.1, 0.15) is 12.4 Å². The molecule has 114 valence electrons. The summed E-state index contributed by atoms with van der Waals surface area (Å²) < 4.78 is 8.14. The van der Waals surface area contributed by atoms with E-state index in [2.05, 4.69) is 41.7 Å². The van der Waals surface area contributed by atoms with Crippen LogP contribution in [0.25, 0.3) is 0 Å². The third-order valence-electron chi connectivity index (χ3n) is 3.39. The van der Waals surface area contributed by atoms with Crippen molar-refractivity contribution in [2.24, 2.45) is 0 Å². The van der Waals surface area contributed by atoms with Gasteiger partial charge in [-0.3, -0.25) is 0 Å². The highest BCUT2D eigenvalue weighted by molar-refractivity contribution is 5.33. The molecule has 0 aliphatic heterocycles.